The lowest BCUT2D eigenvalue weighted by molar-refractivity contribution is -0.384. The van der Waals surface area contributed by atoms with Crippen LogP contribution in [0.5, 0.6) is 0 Å². The molecule has 0 bridgehead atoms. The van der Waals surface area contributed by atoms with Gasteiger partial charge >= 0.3 is 6.18 Å². The van der Waals surface area contributed by atoms with E-state index in [4.69, 9.17) is 0 Å². The number of halogens is 4. The maximum atomic E-state index is 12.4. The molecule has 110 valence electrons. The molecule has 0 atom stereocenters. The molecular formula is C13H8BrF3N2O2. The normalized spacial score (nSPS) is 11.2. The number of nitrogens with zero attached hydrogens (tertiary/aromatic N) is 1. The molecule has 0 aliphatic carbocycles. The molecule has 0 amide bonds. The van der Waals surface area contributed by atoms with E-state index >= 15 is 0 Å². The first kappa shape index (κ1) is 15.3. The summed E-state index contributed by atoms with van der Waals surface area (Å²) < 4.78 is 37.8. The van der Waals surface area contributed by atoms with Gasteiger partial charge in [0.25, 0.3) is 5.69 Å². The number of hydrogen-bond donors (Lipinski definition) is 1. The number of non-ortho nitro benzene ring substituents is 1. The second-order valence-corrected chi connectivity index (χ2v) is 4.98. The third-order valence-electron chi connectivity index (χ3n) is 2.65. The first-order chi connectivity index (χ1) is 9.77. The zero-order valence-corrected chi connectivity index (χ0v) is 11.9. The van der Waals surface area contributed by atoms with Gasteiger partial charge in [-0.3, -0.25) is 10.1 Å². The van der Waals surface area contributed by atoms with Crippen LogP contribution in [-0.4, -0.2) is 4.92 Å². The fourth-order valence-corrected chi connectivity index (χ4v) is 2.08. The van der Waals surface area contributed by atoms with Crippen molar-refractivity contribution in [3.63, 3.8) is 0 Å². The summed E-state index contributed by atoms with van der Waals surface area (Å²) in [5, 5.41) is 13.5. The lowest BCUT2D eigenvalue weighted by Gasteiger charge is -2.10. The standard InChI is InChI=1S/C13H8BrF3N2O2/c14-11-7-10(19(20)21)5-6-12(11)18-9-3-1-8(2-4-9)13(15,16)17/h1-7,18H. The van der Waals surface area contributed by atoms with Crippen molar-refractivity contribution in [2.75, 3.05) is 5.32 Å². The lowest BCUT2D eigenvalue weighted by atomic mass is 10.2. The number of nitro groups is 1. The van der Waals surface area contributed by atoms with Gasteiger partial charge in [-0.25, -0.2) is 0 Å². The number of benzene rings is 2. The summed E-state index contributed by atoms with van der Waals surface area (Å²) in [5.74, 6) is 0. The van der Waals surface area contributed by atoms with E-state index in [9.17, 15) is 23.3 Å². The van der Waals surface area contributed by atoms with Crippen LogP contribution in [0.25, 0.3) is 0 Å². The molecule has 4 nitrogen and oxygen atoms in total. The predicted octanol–water partition coefficient (Wildman–Crippen LogP) is 5.12. The minimum atomic E-state index is -4.38. The topological polar surface area (TPSA) is 55.2 Å². The molecule has 0 heterocycles. The Hall–Kier alpha value is -2.09. The molecule has 0 spiro atoms. The minimum absolute atomic E-state index is 0.0835. The summed E-state index contributed by atoms with van der Waals surface area (Å²) in [6, 6.07) is 8.58. The Morgan fingerprint density at radius 3 is 2.19 bits per heavy atom. The Labute approximate surface area is 125 Å². The molecule has 0 aliphatic heterocycles. The maximum Gasteiger partial charge on any atom is 0.416 e. The molecule has 1 N–H and O–H groups in total. The molecule has 0 aromatic heterocycles. The first-order valence-electron chi connectivity index (χ1n) is 5.65. The van der Waals surface area contributed by atoms with Gasteiger partial charge in [0.1, 0.15) is 0 Å². The van der Waals surface area contributed by atoms with Crippen molar-refractivity contribution in [3.8, 4) is 0 Å². The molecule has 21 heavy (non-hydrogen) atoms. The average Bonchev–Trinajstić information content (AvgIpc) is 2.40. The van der Waals surface area contributed by atoms with Gasteiger partial charge in [-0.15, -0.1) is 0 Å². The Balaban J connectivity index is 2.20. The highest BCUT2D eigenvalue weighted by Crippen LogP contribution is 2.32. The zero-order valence-electron chi connectivity index (χ0n) is 10.3. The summed E-state index contributed by atoms with van der Waals surface area (Å²) in [6.07, 6.45) is -4.38. The van der Waals surface area contributed by atoms with Crippen molar-refractivity contribution in [2.45, 2.75) is 6.18 Å². The Bertz CT molecular complexity index is 672. The second-order valence-electron chi connectivity index (χ2n) is 4.12. The van der Waals surface area contributed by atoms with E-state index in [0.29, 0.717) is 15.8 Å². The molecule has 2 aromatic rings. The van der Waals surface area contributed by atoms with Crippen molar-refractivity contribution >= 4 is 33.0 Å². The van der Waals surface area contributed by atoms with Crippen LogP contribution in [0.15, 0.2) is 46.9 Å². The molecule has 8 heteroatoms. The Morgan fingerprint density at radius 1 is 1.10 bits per heavy atom. The summed E-state index contributed by atoms with van der Waals surface area (Å²) in [7, 11) is 0. The van der Waals surface area contributed by atoms with Gasteiger partial charge < -0.3 is 5.32 Å². The van der Waals surface area contributed by atoms with Gasteiger partial charge in [0, 0.05) is 22.3 Å². The van der Waals surface area contributed by atoms with Gasteiger partial charge in [-0.05, 0) is 46.3 Å². The zero-order chi connectivity index (χ0) is 15.6. The third-order valence-corrected chi connectivity index (χ3v) is 3.31. The van der Waals surface area contributed by atoms with Crippen LogP contribution in [0.3, 0.4) is 0 Å². The van der Waals surface area contributed by atoms with Gasteiger partial charge in [0.15, 0.2) is 0 Å². The number of hydrogen-bond acceptors (Lipinski definition) is 3. The quantitative estimate of drug-likeness (QED) is 0.610. The summed E-state index contributed by atoms with van der Waals surface area (Å²) in [5.41, 5.74) is 0.133. The van der Waals surface area contributed by atoms with Gasteiger partial charge in [-0.1, -0.05) is 0 Å². The van der Waals surface area contributed by atoms with Gasteiger partial charge in [-0.2, -0.15) is 13.2 Å². The monoisotopic (exact) mass is 360 g/mol. The summed E-state index contributed by atoms with van der Waals surface area (Å²) in [4.78, 5) is 10.1. The number of anilines is 2. The van der Waals surface area contributed by atoms with E-state index in [1.807, 2.05) is 0 Å². The number of alkyl halides is 3. The van der Waals surface area contributed by atoms with Crippen molar-refractivity contribution in [1.82, 2.24) is 0 Å². The number of rotatable bonds is 3. The molecule has 0 aliphatic rings. The van der Waals surface area contributed by atoms with Crippen LogP contribution >= 0.6 is 15.9 Å². The van der Waals surface area contributed by atoms with Gasteiger partial charge in [0.2, 0.25) is 0 Å². The number of nitro benzene ring substituents is 1. The van der Waals surface area contributed by atoms with Crippen molar-refractivity contribution in [1.29, 1.82) is 0 Å². The lowest BCUT2D eigenvalue weighted by Crippen LogP contribution is -2.04. The van der Waals surface area contributed by atoms with Crippen molar-refractivity contribution in [2.24, 2.45) is 0 Å². The molecule has 0 saturated heterocycles. The molecule has 0 unspecified atom stereocenters. The van der Waals surface area contributed by atoms with E-state index in [-0.39, 0.29) is 5.69 Å². The van der Waals surface area contributed by atoms with Crippen LogP contribution in [0, 0.1) is 10.1 Å². The molecule has 0 radical (unpaired) electrons. The van der Waals surface area contributed by atoms with Crippen LogP contribution in [-0.2, 0) is 6.18 Å². The highest BCUT2D eigenvalue weighted by atomic mass is 79.9. The Morgan fingerprint density at radius 2 is 1.71 bits per heavy atom. The average molecular weight is 361 g/mol. The SMILES string of the molecule is O=[N+]([O-])c1ccc(Nc2ccc(C(F)(F)F)cc2)c(Br)c1. The summed E-state index contributed by atoms with van der Waals surface area (Å²) in [6.45, 7) is 0. The van der Waals surface area contributed by atoms with Crippen molar-refractivity contribution < 1.29 is 18.1 Å². The summed E-state index contributed by atoms with van der Waals surface area (Å²) >= 11 is 3.17. The predicted molar refractivity (Wildman–Crippen MR) is 75.5 cm³/mol. The van der Waals surface area contributed by atoms with Crippen molar-refractivity contribution in [3.05, 3.63) is 62.6 Å². The van der Waals surface area contributed by atoms with Crippen LogP contribution in [0.2, 0.25) is 0 Å². The van der Waals surface area contributed by atoms with E-state index < -0.39 is 16.7 Å². The third kappa shape index (κ3) is 3.72. The molecular weight excluding hydrogens is 353 g/mol. The van der Waals surface area contributed by atoms with Crippen LogP contribution < -0.4 is 5.32 Å². The van der Waals surface area contributed by atoms with E-state index in [0.717, 1.165) is 12.1 Å². The highest BCUT2D eigenvalue weighted by Gasteiger charge is 2.29. The molecule has 0 saturated carbocycles. The van der Waals surface area contributed by atoms with E-state index in [1.54, 1.807) is 0 Å². The van der Waals surface area contributed by atoms with E-state index in [2.05, 4.69) is 21.2 Å². The van der Waals surface area contributed by atoms with E-state index in [1.165, 1.54) is 30.3 Å². The molecule has 2 aromatic carbocycles. The number of nitrogens with one attached hydrogen (secondary N) is 1. The smallest absolute Gasteiger partial charge is 0.355 e. The highest BCUT2D eigenvalue weighted by molar-refractivity contribution is 9.10. The first-order valence-corrected chi connectivity index (χ1v) is 6.45. The van der Waals surface area contributed by atoms with Gasteiger partial charge in [0.05, 0.1) is 16.2 Å². The van der Waals surface area contributed by atoms with Crippen LogP contribution in [0.1, 0.15) is 5.56 Å². The Kier molecular flexibility index (Phi) is 4.17. The molecule has 2 rings (SSSR count). The second kappa shape index (κ2) is 5.72. The molecule has 0 fully saturated rings. The van der Waals surface area contributed by atoms with Crippen LogP contribution in [0.4, 0.5) is 30.2 Å². The largest absolute Gasteiger partial charge is 0.416 e. The maximum absolute atomic E-state index is 12.4. The minimum Gasteiger partial charge on any atom is -0.355 e. The fraction of sp³-hybridized carbons (Fsp3) is 0.0769. The fourth-order valence-electron chi connectivity index (χ4n) is 1.62.